The summed E-state index contributed by atoms with van der Waals surface area (Å²) in [7, 11) is 2.27. The van der Waals surface area contributed by atoms with Crippen LogP contribution in [0.2, 0.25) is 5.02 Å². The van der Waals surface area contributed by atoms with Gasteiger partial charge in [-0.3, -0.25) is 0 Å². The molecule has 2 nitrogen and oxygen atoms in total. The highest BCUT2D eigenvalue weighted by molar-refractivity contribution is 7.99. The summed E-state index contributed by atoms with van der Waals surface area (Å²) >= 11 is 8.06. The molecule has 20 heavy (non-hydrogen) atoms. The summed E-state index contributed by atoms with van der Waals surface area (Å²) in [5, 5.41) is 4.40. The van der Waals surface area contributed by atoms with E-state index in [1.54, 1.807) is 0 Å². The fourth-order valence-corrected chi connectivity index (χ4v) is 4.14. The van der Waals surface area contributed by atoms with Crippen LogP contribution >= 0.6 is 23.4 Å². The lowest BCUT2D eigenvalue weighted by Crippen LogP contribution is -2.34. The molecule has 2 unspecified atom stereocenters. The van der Waals surface area contributed by atoms with Crippen molar-refractivity contribution in [3.05, 3.63) is 34.9 Å². The van der Waals surface area contributed by atoms with Crippen LogP contribution in [0.5, 0.6) is 0 Å². The van der Waals surface area contributed by atoms with E-state index in [1.807, 2.05) is 12.1 Å². The highest BCUT2D eigenvalue weighted by Gasteiger charge is 2.20. The fourth-order valence-electron chi connectivity index (χ4n) is 2.71. The van der Waals surface area contributed by atoms with Gasteiger partial charge in [-0.2, -0.15) is 11.8 Å². The van der Waals surface area contributed by atoms with Gasteiger partial charge in [0.1, 0.15) is 0 Å². The van der Waals surface area contributed by atoms with Gasteiger partial charge < -0.3 is 10.2 Å². The van der Waals surface area contributed by atoms with E-state index in [-0.39, 0.29) is 0 Å². The smallest absolute Gasteiger partial charge is 0.0406 e. The zero-order valence-electron chi connectivity index (χ0n) is 12.4. The van der Waals surface area contributed by atoms with E-state index in [4.69, 9.17) is 11.6 Å². The van der Waals surface area contributed by atoms with Crippen LogP contribution in [-0.4, -0.2) is 42.6 Å². The minimum absolute atomic E-state index is 0.425. The van der Waals surface area contributed by atoms with Crippen molar-refractivity contribution in [2.75, 3.05) is 31.6 Å². The molecule has 1 aromatic rings. The predicted molar refractivity (Wildman–Crippen MR) is 90.8 cm³/mol. The topological polar surface area (TPSA) is 15.3 Å². The molecule has 2 atom stereocenters. The quantitative estimate of drug-likeness (QED) is 0.824. The lowest BCUT2D eigenvalue weighted by atomic mass is 10.0. The summed E-state index contributed by atoms with van der Waals surface area (Å²) in [6.07, 6.45) is 2.49. The van der Waals surface area contributed by atoms with Crippen LogP contribution in [0, 0.1) is 0 Å². The van der Waals surface area contributed by atoms with Crippen molar-refractivity contribution in [2.24, 2.45) is 0 Å². The Labute approximate surface area is 132 Å². The maximum Gasteiger partial charge on any atom is 0.0406 e. The molecule has 0 aromatic heterocycles. The molecular formula is C16H25ClN2S. The van der Waals surface area contributed by atoms with E-state index in [1.165, 1.54) is 23.5 Å². The van der Waals surface area contributed by atoms with Gasteiger partial charge in [0, 0.05) is 22.9 Å². The first kappa shape index (κ1) is 16.2. The molecule has 0 spiro atoms. The summed E-state index contributed by atoms with van der Waals surface area (Å²) in [4.78, 5) is 2.53. The molecule has 1 saturated heterocycles. The Morgan fingerprint density at radius 2 is 2.15 bits per heavy atom. The number of halogens is 1. The Hall–Kier alpha value is -0.220. The van der Waals surface area contributed by atoms with Crippen LogP contribution in [0.15, 0.2) is 24.3 Å². The van der Waals surface area contributed by atoms with Crippen molar-refractivity contribution >= 4 is 23.4 Å². The molecule has 0 amide bonds. The van der Waals surface area contributed by atoms with Crippen molar-refractivity contribution in [2.45, 2.75) is 31.8 Å². The number of thioether (sulfide) groups is 1. The Kier molecular flexibility index (Phi) is 6.69. The Balaban J connectivity index is 1.89. The van der Waals surface area contributed by atoms with Crippen LogP contribution in [0.1, 0.15) is 31.4 Å². The van der Waals surface area contributed by atoms with E-state index < -0.39 is 0 Å². The monoisotopic (exact) mass is 312 g/mol. The lowest BCUT2D eigenvalue weighted by Gasteiger charge is -2.26. The zero-order valence-corrected chi connectivity index (χ0v) is 14.0. The first-order valence-electron chi connectivity index (χ1n) is 7.47. The first-order valence-corrected chi connectivity index (χ1v) is 9.00. The molecule has 4 heteroatoms. The molecule has 1 aromatic carbocycles. The summed E-state index contributed by atoms with van der Waals surface area (Å²) in [5.41, 5.74) is 1.34. The molecular weight excluding hydrogens is 288 g/mol. The van der Waals surface area contributed by atoms with Crippen LogP contribution in [0.3, 0.4) is 0 Å². The minimum Gasteiger partial charge on any atom is -0.310 e. The number of nitrogens with one attached hydrogen (secondary N) is 1. The third-order valence-electron chi connectivity index (χ3n) is 4.02. The third kappa shape index (κ3) is 4.66. The molecule has 1 N–H and O–H groups in total. The van der Waals surface area contributed by atoms with Gasteiger partial charge in [-0.1, -0.05) is 30.7 Å². The summed E-state index contributed by atoms with van der Waals surface area (Å²) in [6.45, 7) is 4.31. The van der Waals surface area contributed by atoms with Gasteiger partial charge in [0.25, 0.3) is 0 Å². The van der Waals surface area contributed by atoms with Gasteiger partial charge in [-0.05, 0) is 56.4 Å². The number of benzene rings is 1. The SMILES string of the molecule is CCNC(CCN(C)C1CCSC1)c1ccc(Cl)cc1. The Morgan fingerprint density at radius 1 is 1.40 bits per heavy atom. The van der Waals surface area contributed by atoms with Gasteiger partial charge in [-0.15, -0.1) is 0 Å². The standard InChI is InChI=1S/C16H25ClN2S/c1-3-18-16(13-4-6-14(17)7-5-13)8-10-19(2)15-9-11-20-12-15/h4-7,15-16,18H,3,8-12H2,1-2H3. The molecule has 2 rings (SSSR count). The lowest BCUT2D eigenvalue weighted by molar-refractivity contribution is 0.247. The molecule has 1 heterocycles. The first-order chi connectivity index (χ1) is 9.70. The van der Waals surface area contributed by atoms with Gasteiger partial charge in [0.2, 0.25) is 0 Å². The number of hydrogen-bond acceptors (Lipinski definition) is 3. The maximum absolute atomic E-state index is 5.98. The van der Waals surface area contributed by atoms with E-state index in [0.717, 1.165) is 30.6 Å². The second-order valence-corrected chi connectivity index (χ2v) is 7.03. The van der Waals surface area contributed by atoms with Crippen molar-refractivity contribution < 1.29 is 0 Å². The minimum atomic E-state index is 0.425. The van der Waals surface area contributed by atoms with Gasteiger partial charge in [0.05, 0.1) is 0 Å². The third-order valence-corrected chi connectivity index (χ3v) is 5.42. The van der Waals surface area contributed by atoms with E-state index in [2.05, 4.69) is 48.1 Å². The summed E-state index contributed by atoms with van der Waals surface area (Å²) in [6, 6.07) is 9.44. The Bertz CT molecular complexity index is 390. The van der Waals surface area contributed by atoms with Gasteiger partial charge in [-0.25, -0.2) is 0 Å². The van der Waals surface area contributed by atoms with Crippen molar-refractivity contribution in [3.63, 3.8) is 0 Å². The molecule has 1 aliphatic heterocycles. The Morgan fingerprint density at radius 3 is 2.75 bits per heavy atom. The summed E-state index contributed by atoms with van der Waals surface area (Å²) in [5.74, 6) is 2.62. The number of nitrogens with zero attached hydrogens (tertiary/aromatic N) is 1. The molecule has 1 aliphatic rings. The van der Waals surface area contributed by atoms with Crippen LogP contribution in [-0.2, 0) is 0 Å². The second kappa shape index (κ2) is 8.28. The molecule has 0 aliphatic carbocycles. The summed E-state index contributed by atoms with van der Waals surface area (Å²) < 4.78 is 0. The highest BCUT2D eigenvalue weighted by atomic mass is 35.5. The van der Waals surface area contributed by atoms with Crippen molar-refractivity contribution in [3.8, 4) is 0 Å². The average molecular weight is 313 g/mol. The van der Waals surface area contributed by atoms with Crippen LogP contribution < -0.4 is 5.32 Å². The second-order valence-electron chi connectivity index (χ2n) is 5.45. The molecule has 112 valence electrons. The predicted octanol–water partition coefficient (Wildman–Crippen LogP) is 3.82. The highest BCUT2D eigenvalue weighted by Crippen LogP contribution is 2.24. The molecule has 0 saturated carbocycles. The zero-order chi connectivity index (χ0) is 14.4. The van der Waals surface area contributed by atoms with Crippen molar-refractivity contribution in [1.82, 2.24) is 10.2 Å². The molecule has 1 fully saturated rings. The number of hydrogen-bond donors (Lipinski definition) is 1. The largest absolute Gasteiger partial charge is 0.310 e. The fraction of sp³-hybridized carbons (Fsp3) is 0.625. The van der Waals surface area contributed by atoms with E-state index >= 15 is 0 Å². The molecule has 0 radical (unpaired) electrons. The van der Waals surface area contributed by atoms with Gasteiger partial charge >= 0.3 is 0 Å². The number of rotatable bonds is 7. The van der Waals surface area contributed by atoms with Crippen LogP contribution in [0.25, 0.3) is 0 Å². The van der Waals surface area contributed by atoms with E-state index in [0.29, 0.717) is 6.04 Å². The van der Waals surface area contributed by atoms with Gasteiger partial charge in [0.15, 0.2) is 0 Å². The van der Waals surface area contributed by atoms with Crippen LogP contribution in [0.4, 0.5) is 0 Å². The maximum atomic E-state index is 5.98. The average Bonchev–Trinajstić information content (AvgIpc) is 2.98. The van der Waals surface area contributed by atoms with E-state index in [9.17, 15) is 0 Å². The van der Waals surface area contributed by atoms with Crippen molar-refractivity contribution in [1.29, 1.82) is 0 Å². The molecule has 0 bridgehead atoms. The normalized spacial score (nSPS) is 20.5.